The van der Waals surface area contributed by atoms with Crippen LogP contribution in [0.2, 0.25) is 6.04 Å². The third kappa shape index (κ3) is 15.4. The van der Waals surface area contributed by atoms with Gasteiger partial charge < -0.3 is 0 Å². The summed E-state index contributed by atoms with van der Waals surface area (Å²) in [4.78, 5) is 0. The molecule has 0 heterocycles. The number of hydrogen-bond donors (Lipinski definition) is 0. The maximum absolute atomic E-state index is 2.32. The standard InChI is InChI=1S/C24H44Si/c1-2-3-4-5-6-7-8-9-10-11-12-13-14-15-16-20-23-25-24-21-18-17-19-22-24/h17-19,21-22H,2-16,20,23,25H2,1H3. The molecule has 0 amide bonds. The molecule has 0 bridgehead atoms. The highest BCUT2D eigenvalue weighted by atomic mass is 28.2. The van der Waals surface area contributed by atoms with E-state index in [1.165, 1.54) is 109 Å². The predicted octanol–water partition coefficient (Wildman–Crippen LogP) is 7.16. The molecule has 0 aromatic heterocycles. The van der Waals surface area contributed by atoms with E-state index in [1.807, 2.05) is 0 Å². The molecule has 1 aromatic carbocycles. The van der Waals surface area contributed by atoms with Crippen molar-refractivity contribution in [1.82, 2.24) is 0 Å². The number of benzene rings is 1. The Morgan fingerprint density at radius 2 is 0.920 bits per heavy atom. The van der Waals surface area contributed by atoms with Gasteiger partial charge in [0.1, 0.15) is 0 Å². The molecule has 0 atom stereocenters. The van der Waals surface area contributed by atoms with E-state index >= 15 is 0 Å². The zero-order valence-corrected chi connectivity index (χ0v) is 18.5. The maximum atomic E-state index is 2.32. The van der Waals surface area contributed by atoms with Crippen molar-refractivity contribution in [3.63, 3.8) is 0 Å². The van der Waals surface area contributed by atoms with E-state index in [1.54, 1.807) is 5.19 Å². The Balaban J connectivity index is 1.69. The summed E-state index contributed by atoms with van der Waals surface area (Å²) in [6.45, 7) is 2.30. The van der Waals surface area contributed by atoms with Gasteiger partial charge in [-0.2, -0.15) is 0 Å². The van der Waals surface area contributed by atoms with Crippen molar-refractivity contribution in [2.75, 3.05) is 0 Å². The van der Waals surface area contributed by atoms with Crippen LogP contribution in [0.3, 0.4) is 0 Å². The average molecular weight is 361 g/mol. The summed E-state index contributed by atoms with van der Waals surface area (Å²) >= 11 is 0. The van der Waals surface area contributed by atoms with Gasteiger partial charge in [0.25, 0.3) is 0 Å². The van der Waals surface area contributed by atoms with Crippen LogP contribution >= 0.6 is 0 Å². The Labute approximate surface area is 161 Å². The Bertz CT molecular complexity index is 360. The molecule has 0 aliphatic rings. The third-order valence-corrected chi connectivity index (χ3v) is 7.31. The quantitative estimate of drug-likeness (QED) is 0.192. The van der Waals surface area contributed by atoms with Crippen LogP contribution in [0.1, 0.15) is 110 Å². The first kappa shape index (κ1) is 22.5. The van der Waals surface area contributed by atoms with E-state index < -0.39 is 0 Å². The molecule has 1 aromatic rings. The van der Waals surface area contributed by atoms with E-state index in [4.69, 9.17) is 0 Å². The van der Waals surface area contributed by atoms with E-state index in [0.717, 1.165) is 0 Å². The Morgan fingerprint density at radius 3 is 1.36 bits per heavy atom. The lowest BCUT2D eigenvalue weighted by Crippen LogP contribution is -2.12. The summed E-state index contributed by atoms with van der Waals surface area (Å²) in [7, 11) is 0.0240. The molecule has 144 valence electrons. The van der Waals surface area contributed by atoms with E-state index in [-0.39, 0.29) is 9.52 Å². The van der Waals surface area contributed by atoms with Gasteiger partial charge in [-0.3, -0.25) is 0 Å². The molecule has 0 N–H and O–H groups in total. The molecule has 0 saturated carbocycles. The van der Waals surface area contributed by atoms with Gasteiger partial charge in [-0.1, -0.05) is 151 Å². The molecule has 1 heteroatoms. The van der Waals surface area contributed by atoms with Gasteiger partial charge in [0.05, 0.1) is 9.52 Å². The minimum absolute atomic E-state index is 0.0240. The molecule has 1 rings (SSSR count). The van der Waals surface area contributed by atoms with Crippen LogP contribution in [0.5, 0.6) is 0 Å². The van der Waals surface area contributed by atoms with Crippen molar-refractivity contribution in [3.05, 3.63) is 30.3 Å². The van der Waals surface area contributed by atoms with Crippen LogP contribution in [-0.2, 0) is 0 Å². The first-order valence-electron chi connectivity index (χ1n) is 11.5. The molecule has 0 nitrogen and oxygen atoms in total. The molecule has 25 heavy (non-hydrogen) atoms. The lowest BCUT2D eigenvalue weighted by molar-refractivity contribution is 0.531. The lowest BCUT2D eigenvalue weighted by atomic mass is 10.0. The van der Waals surface area contributed by atoms with Crippen molar-refractivity contribution < 1.29 is 0 Å². The second kappa shape index (κ2) is 18.2. The van der Waals surface area contributed by atoms with Crippen LogP contribution in [0.15, 0.2) is 30.3 Å². The Morgan fingerprint density at radius 1 is 0.520 bits per heavy atom. The molecule has 0 spiro atoms. The largest absolute Gasteiger partial charge is 0.0669 e. The highest BCUT2D eigenvalue weighted by Gasteiger charge is 1.96. The summed E-state index contributed by atoms with van der Waals surface area (Å²) in [5.41, 5.74) is 0. The van der Waals surface area contributed by atoms with Gasteiger partial charge in [-0.15, -0.1) is 0 Å². The second-order valence-electron chi connectivity index (χ2n) is 7.89. The predicted molar refractivity (Wildman–Crippen MR) is 119 cm³/mol. The average Bonchev–Trinajstić information content (AvgIpc) is 2.65. The van der Waals surface area contributed by atoms with Gasteiger partial charge in [0.2, 0.25) is 0 Å². The van der Waals surface area contributed by atoms with E-state index in [2.05, 4.69) is 37.3 Å². The highest BCUT2D eigenvalue weighted by molar-refractivity contribution is 6.53. The van der Waals surface area contributed by atoms with Crippen molar-refractivity contribution >= 4 is 14.7 Å². The first-order chi connectivity index (χ1) is 12.4. The fourth-order valence-corrected chi connectivity index (χ4v) is 5.32. The summed E-state index contributed by atoms with van der Waals surface area (Å²) in [5, 5.41) is 1.64. The minimum Gasteiger partial charge on any atom is -0.0669 e. The number of unbranched alkanes of at least 4 members (excludes halogenated alkanes) is 15. The first-order valence-corrected chi connectivity index (χ1v) is 13.2. The van der Waals surface area contributed by atoms with Crippen LogP contribution in [-0.4, -0.2) is 9.52 Å². The second-order valence-corrected chi connectivity index (χ2v) is 9.92. The number of hydrogen-bond acceptors (Lipinski definition) is 0. The molecule has 0 saturated heterocycles. The van der Waals surface area contributed by atoms with E-state index in [9.17, 15) is 0 Å². The van der Waals surface area contributed by atoms with Crippen LogP contribution < -0.4 is 5.19 Å². The summed E-state index contributed by atoms with van der Waals surface area (Å²) in [5.74, 6) is 0. The van der Waals surface area contributed by atoms with Crippen LogP contribution in [0.25, 0.3) is 0 Å². The normalized spacial score (nSPS) is 11.6. The summed E-state index contributed by atoms with van der Waals surface area (Å²) in [6.07, 6.45) is 23.5. The van der Waals surface area contributed by atoms with Crippen molar-refractivity contribution in [2.45, 2.75) is 116 Å². The summed E-state index contributed by atoms with van der Waals surface area (Å²) in [6, 6.07) is 12.7. The van der Waals surface area contributed by atoms with Gasteiger partial charge >= 0.3 is 0 Å². The molecular weight excluding hydrogens is 316 g/mol. The van der Waals surface area contributed by atoms with Gasteiger partial charge in [0, 0.05) is 0 Å². The van der Waals surface area contributed by atoms with Gasteiger partial charge in [0.15, 0.2) is 0 Å². The van der Waals surface area contributed by atoms with E-state index in [0.29, 0.717) is 0 Å². The van der Waals surface area contributed by atoms with Crippen LogP contribution in [0, 0.1) is 0 Å². The topological polar surface area (TPSA) is 0 Å². The Hall–Kier alpha value is -0.563. The maximum Gasteiger partial charge on any atom is 0.0547 e. The Kier molecular flexibility index (Phi) is 16.4. The zero-order chi connectivity index (χ0) is 17.8. The lowest BCUT2D eigenvalue weighted by Gasteiger charge is -2.04. The molecule has 0 unspecified atom stereocenters. The molecular formula is C24H44Si. The smallest absolute Gasteiger partial charge is 0.0547 e. The van der Waals surface area contributed by atoms with Crippen molar-refractivity contribution in [1.29, 1.82) is 0 Å². The zero-order valence-electron chi connectivity index (χ0n) is 17.1. The van der Waals surface area contributed by atoms with Gasteiger partial charge in [-0.25, -0.2) is 0 Å². The van der Waals surface area contributed by atoms with Gasteiger partial charge in [-0.05, 0) is 0 Å². The SMILES string of the molecule is CCCCCCCCCCCCCCCCCC[SiH2]c1ccccc1. The van der Waals surface area contributed by atoms with Crippen molar-refractivity contribution in [2.24, 2.45) is 0 Å². The summed E-state index contributed by atoms with van der Waals surface area (Å²) < 4.78 is 0. The third-order valence-electron chi connectivity index (χ3n) is 5.41. The minimum atomic E-state index is 0.0240. The molecule has 0 aliphatic heterocycles. The van der Waals surface area contributed by atoms with Crippen LogP contribution in [0.4, 0.5) is 0 Å². The monoisotopic (exact) mass is 360 g/mol. The molecule has 0 radical (unpaired) electrons. The van der Waals surface area contributed by atoms with Crippen molar-refractivity contribution in [3.8, 4) is 0 Å². The molecule has 0 aliphatic carbocycles. The number of rotatable bonds is 18. The highest BCUT2D eigenvalue weighted by Crippen LogP contribution is 2.14. The molecule has 0 fully saturated rings. The fourth-order valence-electron chi connectivity index (χ4n) is 3.70. The fraction of sp³-hybridized carbons (Fsp3) is 0.750.